The molecule has 0 aliphatic carbocycles. The number of nitrogens with zero attached hydrogens (tertiary/aromatic N) is 1. The minimum absolute atomic E-state index is 0.0599. The summed E-state index contributed by atoms with van der Waals surface area (Å²) in [6.45, 7) is 0.717. The van der Waals surface area contributed by atoms with Crippen LogP contribution >= 0.6 is 0 Å². The molecule has 0 spiro atoms. The summed E-state index contributed by atoms with van der Waals surface area (Å²) < 4.78 is 0. The van der Waals surface area contributed by atoms with E-state index in [0.29, 0.717) is 12.2 Å². The van der Waals surface area contributed by atoms with Gasteiger partial charge in [0.1, 0.15) is 5.82 Å². The molecule has 1 aromatic carbocycles. The molecule has 0 aliphatic rings. The van der Waals surface area contributed by atoms with Gasteiger partial charge in [0.2, 0.25) is 0 Å². The maximum Gasteiger partial charge on any atom is 0.128 e. The zero-order chi connectivity index (χ0) is 12.1. The van der Waals surface area contributed by atoms with E-state index in [1.54, 1.807) is 18.3 Å². The lowest BCUT2D eigenvalue weighted by Gasteiger charge is -2.07. The monoisotopic (exact) mass is 229 g/mol. The van der Waals surface area contributed by atoms with Crippen LogP contribution in [0.1, 0.15) is 11.1 Å². The summed E-state index contributed by atoms with van der Waals surface area (Å²) in [6.07, 6.45) is 1.67. The largest absolute Gasteiger partial charge is 0.399 e. The molecular weight excluding hydrogens is 214 g/mol. The van der Waals surface area contributed by atoms with Gasteiger partial charge in [-0.1, -0.05) is 24.3 Å². The van der Waals surface area contributed by atoms with Gasteiger partial charge in [-0.25, -0.2) is 4.98 Å². The Bertz CT molecular complexity index is 500. The fraction of sp³-hybridized carbons (Fsp3) is 0.154. The minimum atomic E-state index is 0.0599. The van der Waals surface area contributed by atoms with Crippen LogP contribution in [0.3, 0.4) is 0 Å². The van der Waals surface area contributed by atoms with E-state index in [9.17, 15) is 0 Å². The van der Waals surface area contributed by atoms with Crippen LogP contribution in [-0.2, 0) is 13.2 Å². The number of hydrogen-bond acceptors (Lipinski definition) is 4. The van der Waals surface area contributed by atoms with Crippen LogP contribution in [0.2, 0.25) is 0 Å². The van der Waals surface area contributed by atoms with Crippen LogP contribution < -0.4 is 11.1 Å². The van der Waals surface area contributed by atoms with Crippen molar-refractivity contribution in [2.75, 3.05) is 11.1 Å². The summed E-state index contributed by atoms with van der Waals surface area (Å²) >= 11 is 0. The molecule has 0 unspecified atom stereocenters. The van der Waals surface area contributed by atoms with Crippen LogP contribution in [0.25, 0.3) is 0 Å². The van der Waals surface area contributed by atoms with Crippen molar-refractivity contribution in [2.24, 2.45) is 0 Å². The number of pyridine rings is 1. The number of hydrogen-bond donors (Lipinski definition) is 3. The second-order valence-corrected chi connectivity index (χ2v) is 3.81. The number of nitrogens with one attached hydrogen (secondary N) is 1. The highest BCUT2D eigenvalue weighted by molar-refractivity contribution is 5.48. The summed E-state index contributed by atoms with van der Waals surface area (Å²) in [5, 5.41) is 12.2. The SMILES string of the molecule is Nc1ccnc(NCc2cccc(CO)c2)c1. The highest BCUT2D eigenvalue weighted by Crippen LogP contribution is 2.11. The molecule has 0 atom stereocenters. The van der Waals surface area contributed by atoms with Crippen molar-refractivity contribution >= 4 is 11.5 Å². The number of rotatable bonds is 4. The molecule has 4 heteroatoms. The van der Waals surface area contributed by atoms with Gasteiger partial charge in [-0.15, -0.1) is 0 Å². The van der Waals surface area contributed by atoms with Crippen LogP contribution in [0.5, 0.6) is 0 Å². The first-order valence-corrected chi connectivity index (χ1v) is 5.42. The number of nitrogens with two attached hydrogens (primary N) is 1. The predicted molar refractivity (Wildman–Crippen MR) is 68.3 cm³/mol. The average molecular weight is 229 g/mol. The Hall–Kier alpha value is -2.07. The second-order valence-electron chi connectivity index (χ2n) is 3.81. The lowest BCUT2D eigenvalue weighted by Crippen LogP contribution is -2.02. The molecule has 88 valence electrons. The van der Waals surface area contributed by atoms with Crippen LogP contribution in [0, 0.1) is 0 Å². The molecule has 1 aromatic heterocycles. The van der Waals surface area contributed by atoms with Crippen molar-refractivity contribution in [3.05, 3.63) is 53.7 Å². The normalized spacial score (nSPS) is 10.2. The first kappa shape index (κ1) is 11.4. The molecule has 0 aliphatic heterocycles. The number of aliphatic hydroxyl groups is 1. The van der Waals surface area contributed by atoms with Gasteiger partial charge in [-0.05, 0) is 17.2 Å². The third-order valence-corrected chi connectivity index (χ3v) is 2.43. The topological polar surface area (TPSA) is 71.2 Å². The molecule has 17 heavy (non-hydrogen) atoms. The van der Waals surface area contributed by atoms with Gasteiger partial charge in [0, 0.05) is 24.5 Å². The van der Waals surface area contributed by atoms with Crippen molar-refractivity contribution in [1.82, 2.24) is 4.98 Å². The Morgan fingerprint density at radius 3 is 2.76 bits per heavy atom. The summed E-state index contributed by atoms with van der Waals surface area (Å²) in [7, 11) is 0. The van der Waals surface area contributed by atoms with E-state index in [4.69, 9.17) is 10.8 Å². The molecule has 0 fully saturated rings. The molecule has 4 N–H and O–H groups in total. The summed E-state index contributed by atoms with van der Waals surface area (Å²) in [5.74, 6) is 0.749. The smallest absolute Gasteiger partial charge is 0.128 e. The summed E-state index contributed by atoms with van der Waals surface area (Å²) in [5.41, 5.74) is 8.35. The van der Waals surface area contributed by atoms with E-state index in [-0.39, 0.29) is 6.61 Å². The van der Waals surface area contributed by atoms with Crippen molar-refractivity contribution in [2.45, 2.75) is 13.2 Å². The van der Waals surface area contributed by atoms with Crippen molar-refractivity contribution in [3.8, 4) is 0 Å². The molecule has 1 heterocycles. The molecule has 2 aromatic rings. The Kier molecular flexibility index (Phi) is 3.57. The third kappa shape index (κ3) is 3.19. The molecule has 4 nitrogen and oxygen atoms in total. The van der Waals surface area contributed by atoms with E-state index in [2.05, 4.69) is 10.3 Å². The maximum absolute atomic E-state index is 9.03. The summed E-state index contributed by atoms with van der Waals surface area (Å²) in [6, 6.07) is 11.3. The quantitative estimate of drug-likeness (QED) is 0.747. The lowest BCUT2D eigenvalue weighted by molar-refractivity contribution is 0.281. The summed E-state index contributed by atoms with van der Waals surface area (Å²) in [4.78, 5) is 4.16. The van der Waals surface area contributed by atoms with Crippen molar-refractivity contribution < 1.29 is 5.11 Å². The molecule has 0 saturated heterocycles. The van der Waals surface area contributed by atoms with Gasteiger partial charge in [-0.3, -0.25) is 0 Å². The van der Waals surface area contributed by atoms with Gasteiger partial charge >= 0.3 is 0 Å². The highest BCUT2D eigenvalue weighted by Gasteiger charge is 1.97. The first-order valence-electron chi connectivity index (χ1n) is 5.42. The fourth-order valence-electron chi connectivity index (χ4n) is 1.57. The molecule has 0 bridgehead atoms. The standard InChI is InChI=1S/C13H15N3O/c14-12-4-5-15-13(7-12)16-8-10-2-1-3-11(6-10)9-17/h1-7,17H,8-9H2,(H3,14,15,16). The average Bonchev–Trinajstić information content (AvgIpc) is 2.37. The molecule has 0 amide bonds. The van der Waals surface area contributed by atoms with Gasteiger partial charge < -0.3 is 16.2 Å². The Morgan fingerprint density at radius 1 is 1.18 bits per heavy atom. The third-order valence-electron chi connectivity index (χ3n) is 2.43. The van der Waals surface area contributed by atoms with Gasteiger partial charge in [0.25, 0.3) is 0 Å². The number of anilines is 2. The molecule has 0 saturated carbocycles. The Balaban J connectivity index is 2.02. The van der Waals surface area contributed by atoms with Crippen molar-refractivity contribution in [1.29, 1.82) is 0 Å². The van der Waals surface area contributed by atoms with Crippen LogP contribution in [-0.4, -0.2) is 10.1 Å². The van der Waals surface area contributed by atoms with E-state index in [1.165, 1.54) is 0 Å². The van der Waals surface area contributed by atoms with E-state index in [1.807, 2.05) is 24.3 Å². The van der Waals surface area contributed by atoms with E-state index >= 15 is 0 Å². The van der Waals surface area contributed by atoms with Crippen LogP contribution in [0.15, 0.2) is 42.6 Å². The van der Waals surface area contributed by atoms with E-state index < -0.39 is 0 Å². The zero-order valence-corrected chi connectivity index (χ0v) is 9.43. The Labute approximate surface area is 100 Å². The second kappa shape index (κ2) is 5.32. The number of benzene rings is 1. The van der Waals surface area contributed by atoms with Gasteiger partial charge in [0.05, 0.1) is 6.61 Å². The maximum atomic E-state index is 9.03. The lowest BCUT2D eigenvalue weighted by atomic mass is 10.1. The molecule has 2 rings (SSSR count). The molecule has 0 radical (unpaired) electrons. The van der Waals surface area contributed by atoms with Gasteiger partial charge in [-0.2, -0.15) is 0 Å². The Morgan fingerprint density at radius 2 is 2.00 bits per heavy atom. The predicted octanol–water partition coefficient (Wildman–Crippen LogP) is 1.77. The number of aliphatic hydroxyl groups excluding tert-OH is 1. The first-order chi connectivity index (χ1) is 8.28. The van der Waals surface area contributed by atoms with Gasteiger partial charge in [0.15, 0.2) is 0 Å². The minimum Gasteiger partial charge on any atom is -0.399 e. The highest BCUT2D eigenvalue weighted by atomic mass is 16.3. The number of nitrogen functional groups attached to an aromatic ring is 1. The van der Waals surface area contributed by atoms with Crippen LogP contribution in [0.4, 0.5) is 11.5 Å². The molecular formula is C13H15N3O. The zero-order valence-electron chi connectivity index (χ0n) is 9.43. The fourth-order valence-corrected chi connectivity index (χ4v) is 1.57. The van der Waals surface area contributed by atoms with Crippen molar-refractivity contribution in [3.63, 3.8) is 0 Å². The number of aromatic nitrogens is 1. The van der Waals surface area contributed by atoms with E-state index in [0.717, 1.165) is 16.9 Å².